The summed E-state index contributed by atoms with van der Waals surface area (Å²) in [5.74, 6) is 1.58. The standard InChI is InChI=1S/C18H24N2O3/c21-14(10-20-8-9-22-12-17(20)13-4-5-13)11-23-18-3-1-2-16-15(18)6-7-19-16/h1-3,6-7,13-14,17,19,21H,4-5,8-12H2. The number of fused-ring (bicyclic) bond motifs is 1. The number of aliphatic hydroxyl groups is 1. The first kappa shape index (κ1) is 15.0. The molecule has 0 amide bonds. The lowest BCUT2D eigenvalue weighted by atomic mass is 10.1. The van der Waals surface area contributed by atoms with Gasteiger partial charge in [0.2, 0.25) is 0 Å². The summed E-state index contributed by atoms with van der Waals surface area (Å²) < 4.78 is 11.5. The molecule has 1 aliphatic carbocycles. The first-order valence-corrected chi connectivity index (χ1v) is 8.50. The SMILES string of the molecule is OC(COc1cccc2[nH]ccc12)CN1CCOCC1C1CC1. The number of H-pyrrole nitrogens is 1. The quantitative estimate of drug-likeness (QED) is 0.856. The monoisotopic (exact) mass is 316 g/mol. The highest BCUT2D eigenvalue weighted by Gasteiger charge is 2.37. The molecule has 124 valence electrons. The van der Waals surface area contributed by atoms with Gasteiger partial charge in [0.1, 0.15) is 18.5 Å². The van der Waals surface area contributed by atoms with Crippen LogP contribution in [-0.4, -0.2) is 60.0 Å². The molecule has 2 unspecified atom stereocenters. The average molecular weight is 316 g/mol. The number of nitrogens with zero attached hydrogens (tertiary/aromatic N) is 1. The Morgan fingerprint density at radius 2 is 2.26 bits per heavy atom. The molecule has 1 saturated carbocycles. The summed E-state index contributed by atoms with van der Waals surface area (Å²) in [6.07, 6.45) is 4.02. The zero-order chi connectivity index (χ0) is 15.6. The number of nitrogens with one attached hydrogen (secondary N) is 1. The molecular weight excluding hydrogens is 292 g/mol. The van der Waals surface area contributed by atoms with Gasteiger partial charge in [0.25, 0.3) is 0 Å². The topological polar surface area (TPSA) is 57.7 Å². The van der Waals surface area contributed by atoms with Crippen molar-refractivity contribution in [2.24, 2.45) is 5.92 Å². The molecule has 1 aliphatic heterocycles. The van der Waals surface area contributed by atoms with Gasteiger partial charge >= 0.3 is 0 Å². The molecule has 1 aromatic carbocycles. The molecule has 5 heteroatoms. The van der Waals surface area contributed by atoms with Crippen LogP contribution >= 0.6 is 0 Å². The van der Waals surface area contributed by atoms with Crippen LogP contribution in [-0.2, 0) is 4.74 Å². The van der Waals surface area contributed by atoms with Crippen LogP contribution in [0, 0.1) is 5.92 Å². The van der Waals surface area contributed by atoms with E-state index in [4.69, 9.17) is 9.47 Å². The van der Waals surface area contributed by atoms with E-state index in [1.54, 1.807) is 0 Å². The molecule has 23 heavy (non-hydrogen) atoms. The second kappa shape index (κ2) is 6.51. The Kier molecular flexibility index (Phi) is 4.25. The molecule has 1 aromatic heterocycles. The van der Waals surface area contributed by atoms with E-state index in [2.05, 4.69) is 9.88 Å². The molecule has 4 rings (SSSR count). The third kappa shape index (κ3) is 3.37. The highest BCUT2D eigenvalue weighted by atomic mass is 16.5. The lowest BCUT2D eigenvalue weighted by molar-refractivity contribution is -0.0392. The number of aliphatic hydroxyl groups excluding tert-OH is 1. The van der Waals surface area contributed by atoms with Gasteiger partial charge in [0, 0.05) is 36.2 Å². The summed E-state index contributed by atoms with van der Waals surface area (Å²) in [5.41, 5.74) is 1.05. The van der Waals surface area contributed by atoms with Crippen molar-refractivity contribution in [1.82, 2.24) is 9.88 Å². The van der Waals surface area contributed by atoms with Crippen LogP contribution in [0.15, 0.2) is 30.5 Å². The normalized spacial score (nSPS) is 24.0. The van der Waals surface area contributed by atoms with Crippen LogP contribution in [0.3, 0.4) is 0 Å². The Bertz CT molecular complexity index is 653. The predicted molar refractivity (Wildman–Crippen MR) is 88.7 cm³/mol. The third-order valence-electron chi connectivity index (χ3n) is 4.88. The molecule has 5 nitrogen and oxygen atoms in total. The van der Waals surface area contributed by atoms with E-state index < -0.39 is 6.10 Å². The molecule has 1 saturated heterocycles. The maximum Gasteiger partial charge on any atom is 0.128 e. The molecule has 2 aromatic rings. The summed E-state index contributed by atoms with van der Waals surface area (Å²) in [6, 6.07) is 8.41. The zero-order valence-corrected chi connectivity index (χ0v) is 13.3. The van der Waals surface area contributed by atoms with Crippen LogP contribution in [0.2, 0.25) is 0 Å². The van der Waals surface area contributed by atoms with Crippen molar-refractivity contribution >= 4 is 10.9 Å². The molecule has 0 radical (unpaired) electrons. The van der Waals surface area contributed by atoms with Gasteiger partial charge in [-0.2, -0.15) is 0 Å². The predicted octanol–water partition coefficient (Wildman–Crippen LogP) is 2.02. The van der Waals surface area contributed by atoms with E-state index in [0.717, 1.165) is 42.3 Å². The number of aromatic amines is 1. The first-order chi connectivity index (χ1) is 11.3. The van der Waals surface area contributed by atoms with Gasteiger partial charge in [-0.3, -0.25) is 4.90 Å². The van der Waals surface area contributed by atoms with Crippen LogP contribution in [0.4, 0.5) is 0 Å². The maximum absolute atomic E-state index is 10.4. The number of β-amino-alcohol motifs (C(OH)–C–C–N with tert-alkyl or cyclic N) is 1. The number of hydrogen-bond donors (Lipinski definition) is 2. The number of morpholine rings is 1. The fraction of sp³-hybridized carbons (Fsp3) is 0.556. The molecule has 0 spiro atoms. The fourth-order valence-electron chi connectivity index (χ4n) is 3.49. The zero-order valence-electron chi connectivity index (χ0n) is 13.3. The van der Waals surface area contributed by atoms with Crippen molar-refractivity contribution in [3.63, 3.8) is 0 Å². The van der Waals surface area contributed by atoms with Gasteiger partial charge in [-0.05, 0) is 37.0 Å². The van der Waals surface area contributed by atoms with E-state index in [1.807, 2.05) is 30.5 Å². The van der Waals surface area contributed by atoms with E-state index in [9.17, 15) is 5.11 Å². The molecule has 2 heterocycles. The fourth-order valence-corrected chi connectivity index (χ4v) is 3.49. The van der Waals surface area contributed by atoms with Gasteiger partial charge in [0.05, 0.1) is 13.2 Å². The highest BCUT2D eigenvalue weighted by Crippen LogP contribution is 2.36. The lowest BCUT2D eigenvalue weighted by Crippen LogP contribution is -2.50. The van der Waals surface area contributed by atoms with Gasteiger partial charge in [0.15, 0.2) is 0 Å². The largest absolute Gasteiger partial charge is 0.490 e. The van der Waals surface area contributed by atoms with Crippen LogP contribution in [0.5, 0.6) is 5.75 Å². The Morgan fingerprint density at radius 1 is 1.35 bits per heavy atom. The number of rotatable bonds is 6. The Balaban J connectivity index is 1.34. The van der Waals surface area contributed by atoms with Gasteiger partial charge < -0.3 is 19.6 Å². The summed E-state index contributed by atoms with van der Waals surface area (Å²) in [7, 11) is 0. The average Bonchev–Trinajstić information content (AvgIpc) is 3.30. The molecule has 2 fully saturated rings. The summed E-state index contributed by atoms with van der Waals surface area (Å²) in [4.78, 5) is 5.55. The molecule has 2 N–H and O–H groups in total. The summed E-state index contributed by atoms with van der Waals surface area (Å²) in [5, 5.41) is 11.4. The minimum atomic E-state index is -0.483. The Morgan fingerprint density at radius 3 is 3.13 bits per heavy atom. The van der Waals surface area contributed by atoms with E-state index in [1.165, 1.54) is 12.8 Å². The molecule has 0 bridgehead atoms. The van der Waals surface area contributed by atoms with Crippen molar-refractivity contribution in [2.75, 3.05) is 32.9 Å². The smallest absolute Gasteiger partial charge is 0.128 e. The van der Waals surface area contributed by atoms with Gasteiger partial charge in [-0.25, -0.2) is 0 Å². The minimum absolute atomic E-state index is 0.318. The number of hydrogen-bond acceptors (Lipinski definition) is 4. The van der Waals surface area contributed by atoms with Crippen molar-refractivity contribution in [1.29, 1.82) is 0 Å². The molecule has 2 atom stereocenters. The van der Waals surface area contributed by atoms with Crippen molar-refractivity contribution < 1.29 is 14.6 Å². The van der Waals surface area contributed by atoms with Crippen molar-refractivity contribution in [2.45, 2.75) is 25.0 Å². The molecule has 2 aliphatic rings. The van der Waals surface area contributed by atoms with E-state index in [-0.39, 0.29) is 0 Å². The number of ether oxygens (including phenoxy) is 2. The number of benzene rings is 1. The maximum atomic E-state index is 10.4. The Hall–Kier alpha value is -1.56. The first-order valence-electron chi connectivity index (χ1n) is 8.50. The van der Waals surface area contributed by atoms with Crippen LogP contribution in [0.25, 0.3) is 10.9 Å². The Labute approximate surface area is 136 Å². The lowest BCUT2D eigenvalue weighted by Gasteiger charge is -2.36. The highest BCUT2D eigenvalue weighted by molar-refractivity contribution is 5.85. The second-order valence-corrected chi connectivity index (χ2v) is 6.63. The van der Waals surface area contributed by atoms with Crippen molar-refractivity contribution in [3.8, 4) is 5.75 Å². The second-order valence-electron chi connectivity index (χ2n) is 6.63. The summed E-state index contributed by atoms with van der Waals surface area (Å²) >= 11 is 0. The molecular formula is C18H24N2O3. The van der Waals surface area contributed by atoms with Crippen LogP contribution in [0.1, 0.15) is 12.8 Å². The van der Waals surface area contributed by atoms with Gasteiger partial charge in [-0.15, -0.1) is 0 Å². The van der Waals surface area contributed by atoms with Crippen LogP contribution < -0.4 is 4.74 Å². The van der Waals surface area contributed by atoms with E-state index in [0.29, 0.717) is 19.2 Å². The van der Waals surface area contributed by atoms with Gasteiger partial charge in [-0.1, -0.05) is 6.07 Å². The minimum Gasteiger partial charge on any atom is -0.490 e. The van der Waals surface area contributed by atoms with Crippen molar-refractivity contribution in [3.05, 3.63) is 30.5 Å². The van der Waals surface area contributed by atoms with E-state index >= 15 is 0 Å². The third-order valence-corrected chi connectivity index (χ3v) is 4.88. The number of aromatic nitrogens is 1. The summed E-state index contributed by atoms with van der Waals surface area (Å²) in [6.45, 7) is 3.46.